The molecule has 9 heteroatoms. The summed E-state index contributed by atoms with van der Waals surface area (Å²) in [4.78, 5) is 17.3. The lowest BCUT2D eigenvalue weighted by Crippen LogP contribution is -2.53. The van der Waals surface area contributed by atoms with Gasteiger partial charge < -0.3 is 19.2 Å². The number of hydrogen-bond donors (Lipinski definition) is 2. The molecule has 1 fully saturated rings. The molecular formula is C23H24N4O4S. The number of thioether (sulfide) groups is 1. The van der Waals surface area contributed by atoms with Crippen LogP contribution >= 0.6 is 11.8 Å². The van der Waals surface area contributed by atoms with Crippen LogP contribution in [-0.2, 0) is 4.79 Å². The first-order valence-corrected chi connectivity index (χ1v) is 11.3. The van der Waals surface area contributed by atoms with Gasteiger partial charge in [-0.2, -0.15) is 0 Å². The smallest absolute Gasteiger partial charge is 0.264 e. The predicted octanol–water partition coefficient (Wildman–Crippen LogP) is 3.27. The van der Waals surface area contributed by atoms with Crippen molar-refractivity contribution in [3.63, 3.8) is 0 Å². The molecule has 1 amide bonds. The van der Waals surface area contributed by atoms with Gasteiger partial charge in [0.1, 0.15) is 11.7 Å². The van der Waals surface area contributed by atoms with Crippen molar-refractivity contribution < 1.29 is 18.7 Å². The molecule has 2 aliphatic rings. The van der Waals surface area contributed by atoms with Crippen molar-refractivity contribution in [1.82, 2.24) is 20.7 Å². The Labute approximate surface area is 189 Å². The lowest BCUT2D eigenvalue weighted by molar-refractivity contribution is -0.131. The Morgan fingerprint density at radius 2 is 1.97 bits per heavy atom. The van der Waals surface area contributed by atoms with Gasteiger partial charge in [0.05, 0.1) is 14.2 Å². The summed E-state index contributed by atoms with van der Waals surface area (Å²) in [5, 5.41) is 5.78. The van der Waals surface area contributed by atoms with E-state index in [4.69, 9.17) is 13.9 Å². The number of aromatic nitrogens is 1. The van der Waals surface area contributed by atoms with Crippen molar-refractivity contribution in [2.24, 2.45) is 0 Å². The van der Waals surface area contributed by atoms with Gasteiger partial charge in [-0.25, -0.2) is 10.4 Å². The molecule has 3 unspecified atom stereocenters. The fraction of sp³-hybridized carbons (Fsp3) is 0.304. The van der Waals surface area contributed by atoms with E-state index in [9.17, 15) is 4.79 Å². The molecular weight excluding hydrogens is 428 g/mol. The zero-order valence-corrected chi connectivity index (χ0v) is 18.8. The Kier molecular flexibility index (Phi) is 5.44. The average molecular weight is 453 g/mol. The van der Waals surface area contributed by atoms with Gasteiger partial charge in [0.2, 0.25) is 0 Å². The molecule has 0 radical (unpaired) electrons. The largest absolute Gasteiger partial charge is 0.493 e. The molecule has 0 aliphatic carbocycles. The van der Waals surface area contributed by atoms with Gasteiger partial charge in [-0.05, 0) is 36.8 Å². The maximum absolute atomic E-state index is 12.8. The van der Waals surface area contributed by atoms with E-state index in [1.807, 2.05) is 42.5 Å². The summed E-state index contributed by atoms with van der Waals surface area (Å²) in [5.74, 6) is 1.85. The van der Waals surface area contributed by atoms with Crippen molar-refractivity contribution in [3.05, 3.63) is 59.8 Å². The van der Waals surface area contributed by atoms with E-state index in [1.165, 1.54) is 11.8 Å². The summed E-state index contributed by atoms with van der Waals surface area (Å²) >= 11 is 1.46. The number of hydrazine groups is 1. The van der Waals surface area contributed by atoms with Crippen LogP contribution in [0.5, 0.6) is 11.5 Å². The van der Waals surface area contributed by atoms with E-state index in [-0.39, 0.29) is 24.0 Å². The molecule has 3 atom stereocenters. The second-order valence-corrected chi connectivity index (χ2v) is 8.69. The van der Waals surface area contributed by atoms with Crippen LogP contribution in [-0.4, -0.2) is 48.1 Å². The number of amides is 1. The molecule has 0 spiro atoms. The van der Waals surface area contributed by atoms with Crippen LogP contribution in [0.4, 0.5) is 0 Å². The number of methoxy groups -OCH3 is 2. The van der Waals surface area contributed by atoms with Crippen molar-refractivity contribution in [2.45, 2.75) is 30.3 Å². The molecule has 2 N–H and O–H groups in total. The van der Waals surface area contributed by atoms with Gasteiger partial charge in [-0.15, -0.1) is 0 Å². The molecule has 3 heterocycles. The van der Waals surface area contributed by atoms with Crippen LogP contribution in [0.2, 0.25) is 0 Å². The summed E-state index contributed by atoms with van der Waals surface area (Å²) in [6.07, 6.45) is 1.41. The number of benzene rings is 2. The Bertz CT molecular complexity index is 1160. The third-order valence-electron chi connectivity index (χ3n) is 5.79. The van der Waals surface area contributed by atoms with E-state index >= 15 is 0 Å². The van der Waals surface area contributed by atoms with Crippen molar-refractivity contribution in [3.8, 4) is 11.5 Å². The highest BCUT2D eigenvalue weighted by Crippen LogP contribution is 2.38. The number of hydrogen-bond acceptors (Lipinski definition) is 8. The third kappa shape index (κ3) is 3.67. The third-order valence-corrected chi connectivity index (χ3v) is 6.66. The minimum absolute atomic E-state index is 0.0248. The van der Waals surface area contributed by atoms with Gasteiger partial charge in [0.15, 0.2) is 17.1 Å². The van der Waals surface area contributed by atoms with Gasteiger partial charge in [0.25, 0.3) is 11.1 Å². The monoisotopic (exact) mass is 452 g/mol. The minimum Gasteiger partial charge on any atom is -0.493 e. The highest BCUT2D eigenvalue weighted by Gasteiger charge is 2.44. The van der Waals surface area contributed by atoms with Crippen molar-refractivity contribution >= 4 is 28.8 Å². The Morgan fingerprint density at radius 3 is 2.75 bits per heavy atom. The van der Waals surface area contributed by atoms with Crippen LogP contribution in [0.15, 0.2) is 63.9 Å². The summed E-state index contributed by atoms with van der Waals surface area (Å²) in [6, 6.07) is 13.6. The van der Waals surface area contributed by atoms with Gasteiger partial charge in [-0.3, -0.25) is 9.80 Å². The number of oxazole rings is 1. The van der Waals surface area contributed by atoms with Gasteiger partial charge >= 0.3 is 0 Å². The van der Waals surface area contributed by atoms with E-state index in [2.05, 4.69) is 22.7 Å². The second kappa shape index (κ2) is 8.40. The molecule has 2 aliphatic heterocycles. The van der Waals surface area contributed by atoms with Crippen molar-refractivity contribution in [1.29, 1.82) is 0 Å². The standard InChI is InChI=1S/C23H24N4O4S/c1-13-21(14-8-9-18(29-2)19(10-14)30-3)22-24-15(11-20(28)27(22)26-13)12-32-23-25-16-6-4-5-7-17(16)31-23/h4-11,13,21-22,24,26H,12H2,1-3H3. The summed E-state index contributed by atoms with van der Waals surface area (Å²) < 4.78 is 16.6. The summed E-state index contributed by atoms with van der Waals surface area (Å²) in [7, 11) is 3.24. The molecule has 1 saturated heterocycles. The number of fused-ring (bicyclic) bond motifs is 2. The molecule has 5 rings (SSSR count). The molecule has 8 nitrogen and oxygen atoms in total. The Balaban J connectivity index is 1.35. The van der Waals surface area contributed by atoms with E-state index < -0.39 is 0 Å². The number of rotatable bonds is 6. The number of para-hydroxylation sites is 2. The number of nitrogens with zero attached hydrogens (tertiary/aromatic N) is 2. The first-order chi connectivity index (χ1) is 15.6. The lowest BCUT2D eigenvalue weighted by atomic mass is 9.90. The quantitative estimate of drug-likeness (QED) is 0.551. The molecule has 166 valence electrons. The van der Waals surface area contributed by atoms with E-state index in [0.29, 0.717) is 22.5 Å². The fourth-order valence-electron chi connectivity index (χ4n) is 4.29. The maximum atomic E-state index is 12.8. The first kappa shape index (κ1) is 20.7. The lowest BCUT2D eigenvalue weighted by Gasteiger charge is -2.33. The van der Waals surface area contributed by atoms with Gasteiger partial charge in [-0.1, -0.05) is 30.0 Å². The van der Waals surface area contributed by atoms with E-state index in [1.54, 1.807) is 25.3 Å². The first-order valence-electron chi connectivity index (χ1n) is 10.3. The average Bonchev–Trinajstić information content (AvgIpc) is 3.37. The summed E-state index contributed by atoms with van der Waals surface area (Å²) in [6.45, 7) is 2.07. The zero-order chi connectivity index (χ0) is 22.2. The highest BCUT2D eigenvalue weighted by atomic mass is 32.2. The number of carbonyl (C=O) groups is 1. The van der Waals surface area contributed by atoms with Crippen LogP contribution < -0.4 is 20.2 Å². The normalized spacial score (nSPS) is 22.5. The molecule has 2 aromatic carbocycles. The molecule has 32 heavy (non-hydrogen) atoms. The molecule has 3 aromatic rings. The predicted molar refractivity (Wildman–Crippen MR) is 121 cm³/mol. The van der Waals surface area contributed by atoms with Crippen LogP contribution in [0.25, 0.3) is 11.1 Å². The molecule has 0 bridgehead atoms. The number of ether oxygens (including phenoxy) is 2. The zero-order valence-electron chi connectivity index (χ0n) is 18.0. The fourth-order valence-corrected chi connectivity index (χ4v) is 5.04. The molecule has 0 saturated carbocycles. The second-order valence-electron chi connectivity index (χ2n) is 7.76. The highest BCUT2D eigenvalue weighted by molar-refractivity contribution is 7.99. The topological polar surface area (TPSA) is 88.9 Å². The SMILES string of the molecule is COc1ccc(C2C(C)NN3C(=O)C=C(CSc4nc5ccccc5o4)NC23)cc1OC. The molecule has 1 aromatic heterocycles. The number of carbonyl (C=O) groups excluding carboxylic acids is 1. The maximum Gasteiger partial charge on any atom is 0.264 e. The van der Waals surface area contributed by atoms with Gasteiger partial charge in [0, 0.05) is 29.5 Å². The Hall–Kier alpha value is -3.17. The minimum atomic E-state index is -0.222. The van der Waals surface area contributed by atoms with Crippen LogP contribution in [0, 0.1) is 0 Å². The summed E-state index contributed by atoms with van der Waals surface area (Å²) in [5.41, 5.74) is 6.77. The van der Waals surface area contributed by atoms with Crippen molar-refractivity contribution in [2.75, 3.05) is 20.0 Å². The number of nitrogens with one attached hydrogen (secondary N) is 2. The van der Waals surface area contributed by atoms with Crippen LogP contribution in [0.3, 0.4) is 0 Å². The Morgan fingerprint density at radius 1 is 1.16 bits per heavy atom. The van der Waals surface area contributed by atoms with E-state index in [0.717, 1.165) is 22.4 Å². The van der Waals surface area contributed by atoms with Crippen LogP contribution in [0.1, 0.15) is 18.4 Å².